The SMILES string of the molecule is CCNC(Cc1c(Cl)c(C)nn1CC)c1ccnnc1. The van der Waals surface area contributed by atoms with Gasteiger partial charge in [-0.15, -0.1) is 0 Å². The van der Waals surface area contributed by atoms with E-state index in [1.54, 1.807) is 12.4 Å². The van der Waals surface area contributed by atoms with Crippen molar-refractivity contribution < 1.29 is 0 Å². The van der Waals surface area contributed by atoms with Gasteiger partial charge in [0.15, 0.2) is 0 Å². The van der Waals surface area contributed by atoms with Crippen molar-refractivity contribution in [2.45, 2.75) is 39.8 Å². The predicted octanol–water partition coefficient (Wildman–Crippen LogP) is 2.55. The zero-order chi connectivity index (χ0) is 14.5. The third-order valence-electron chi connectivity index (χ3n) is 3.31. The minimum Gasteiger partial charge on any atom is -0.310 e. The normalized spacial score (nSPS) is 12.6. The third kappa shape index (κ3) is 3.16. The highest BCUT2D eigenvalue weighted by Crippen LogP contribution is 2.25. The number of nitrogens with zero attached hydrogens (tertiary/aromatic N) is 4. The van der Waals surface area contributed by atoms with Crippen LogP contribution in [0.3, 0.4) is 0 Å². The van der Waals surface area contributed by atoms with Gasteiger partial charge in [-0.2, -0.15) is 15.3 Å². The van der Waals surface area contributed by atoms with E-state index in [4.69, 9.17) is 11.6 Å². The Morgan fingerprint density at radius 3 is 2.75 bits per heavy atom. The van der Waals surface area contributed by atoms with Crippen LogP contribution in [0.5, 0.6) is 0 Å². The van der Waals surface area contributed by atoms with E-state index in [1.165, 1.54) is 0 Å². The fourth-order valence-electron chi connectivity index (χ4n) is 2.32. The molecule has 0 saturated heterocycles. The summed E-state index contributed by atoms with van der Waals surface area (Å²) < 4.78 is 1.97. The summed E-state index contributed by atoms with van der Waals surface area (Å²) in [6.45, 7) is 7.79. The molecule has 0 aliphatic carbocycles. The van der Waals surface area contributed by atoms with E-state index < -0.39 is 0 Å². The van der Waals surface area contributed by atoms with Crippen LogP contribution >= 0.6 is 11.6 Å². The van der Waals surface area contributed by atoms with Crippen molar-refractivity contribution in [2.24, 2.45) is 0 Å². The molecule has 2 rings (SSSR count). The maximum atomic E-state index is 6.39. The van der Waals surface area contributed by atoms with Crippen molar-refractivity contribution in [2.75, 3.05) is 6.54 Å². The molecule has 0 radical (unpaired) electrons. The second-order valence-electron chi connectivity index (χ2n) is 4.65. The Morgan fingerprint density at radius 2 is 2.15 bits per heavy atom. The molecule has 0 saturated carbocycles. The van der Waals surface area contributed by atoms with Crippen molar-refractivity contribution in [1.82, 2.24) is 25.3 Å². The summed E-state index contributed by atoms with van der Waals surface area (Å²) in [7, 11) is 0. The molecule has 0 aromatic carbocycles. The average Bonchev–Trinajstić information content (AvgIpc) is 2.75. The van der Waals surface area contributed by atoms with E-state index in [0.29, 0.717) is 0 Å². The van der Waals surface area contributed by atoms with Gasteiger partial charge in [0.25, 0.3) is 0 Å². The van der Waals surface area contributed by atoms with Gasteiger partial charge in [0.2, 0.25) is 0 Å². The van der Waals surface area contributed by atoms with Crippen molar-refractivity contribution in [3.63, 3.8) is 0 Å². The maximum Gasteiger partial charge on any atom is 0.0847 e. The van der Waals surface area contributed by atoms with Crippen LogP contribution in [0.25, 0.3) is 0 Å². The summed E-state index contributed by atoms with van der Waals surface area (Å²) in [6.07, 6.45) is 4.29. The largest absolute Gasteiger partial charge is 0.310 e. The molecule has 0 bridgehead atoms. The Bertz CT molecular complexity index is 552. The van der Waals surface area contributed by atoms with Gasteiger partial charge in [-0.3, -0.25) is 4.68 Å². The first-order valence-electron chi connectivity index (χ1n) is 6.89. The molecule has 20 heavy (non-hydrogen) atoms. The Balaban J connectivity index is 2.29. The lowest BCUT2D eigenvalue weighted by Gasteiger charge is -2.18. The van der Waals surface area contributed by atoms with Crippen LogP contribution in [-0.2, 0) is 13.0 Å². The number of halogens is 1. The van der Waals surface area contributed by atoms with Crippen LogP contribution in [-0.4, -0.2) is 26.5 Å². The lowest BCUT2D eigenvalue weighted by atomic mass is 10.0. The summed E-state index contributed by atoms with van der Waals surface area (Å²) in [5, 5.41) is 16.5. The van der Waals surface area contributed by atoms with E-state index in [9.17, 15) is 0 Å². The molecular formula is C14H20ClN5. The highest BCUT2D eigenvalue weighted by Gasteiger charge is 2.18. The molecule has 0 fully saturated rings. The molecule has 1 atom stereocenters. The second-order valence-corrected chi connectivity index (χ2v) is 5.03. The van der Waals surface area contributed by atoms with Gasteiger partial charge in [0, 0.05) is 25.2 Å². The van der Waals surface area contributed by atoms with Gasteiger partial charge in [-0.25, -0.2) is 0 Å². The average molecular weight is 294 g/mol. The zero-order valence-corrected chi connectivity index (χ0v) is 12.9. The van der Waals surface area contributed by atoms with Crippen LogP contribution in [0.4, 0.5) is 0 Å². The Kier molecular flexibility index (Phi) is 5.09. The molecule has 2 aromatic rings. The predicted molar refractivity (Wildman–Crippen MR) is 79.8 cm³/mol. The number of aromatic nitrogens is 4. The van der Waals surface area contributed by atoms with Crippen LogP contribution in [0, 0.1) is 6.92 Å². The molecule has 1 unspecified atom stereocenters. The van der Waals surface area contributed by atoms with Gasteiger partial charge in [-0.05, 0) is 32.0 Å². The topological polar surface area (TPSA) is 55.6 Å². The van der Waals surface area contributed by atoms with E-state index in [1.807, 2.05) is 17.7 Å². The molecule has 0 aliphatic rings. The molecular weight excluding hydrogens is 274 g/mol. The number of nitrogens with one attached hydrogen (secondary N) is 1. The lowest BCUT2D eigenvalue weighted by Crippen LogP contribution is -2.24. The molecule has 0 aliphatic heterocycles. The summed E-state index contributed by atoms with van der Waals surface area (Å²) in [5.74, 6) is 0. The third-order valence-corrected chi connectivity index (χ3v) is 3.80. The smallest absolute Gasteiger partial charge is 0.0847 e. The van der Waals surface area contributed by atoms with Crippen LogP contribution in [0.1, 0.15) is 36.8 Å². The van der Waals surface area contributed by atoms with E-state index in [0.717, 1.165) is 41.5 Å². The quantitative estimate of drug-likeness (QED) is 0.889. The van der Waals surface area contributed by atoms with E-state index >= 15 is 0 Å². The van der Waals surface area contributed by atoms with Crippen LogP contribution in [0.15, 0.2) is 18.5 Å². The number of rotatable bonds is 6. The van der Waals surface area contributed by atoms with Crippen LogP contribution in [0.2, 0.25) is 5.02 Å². The summed E-state index contributed by atoms with van der Waals surface area (Å²) in [4.78, 5) is 0. The van der Waals surface area contributed by atoms with Crippen molar-refractivity contribution in [1.29, 1.82) is 0 Å². The monoisotopic (exact) mass is 293 g/mol. The first-order chi connectivity index (χ1) is 9.67. The Morgan fingerprint density at radius 1 is 1.35 bits per heavy atom. The summed E-state index contributed by atoms with van der Waals surface area (Å²) >= 11 is 6.39. The summed E-state index contributed by atoms with van der Waals surface area (Å²) in [5.41, 5.74) is 3.06. The van der Waals surface area contributed by atoms with Gasteiger partial charge in [0.05, 0.1) is 22.6 Å². The Hall–Kier alpha value is -1.46. The standard InChI is InChI=1S/C14H20ClN5/c1-4-16-12(11-6-7-17-18-9-11)8-13-14(15)10(3)19-20(13)5-2/h6-7,9,12,16H,4-5,8H2,1-3H3. The molecule has 6 heteroatoms. The highest BCUT2D eigenvalue weighted by atomic mass is 35.5. The first-order valence-corrected chi connectivity index (χ1v) is 7.26. The molecule has 1 N–H and O–H groups in total. The Labute approximate surface area is 124 Å². The minimum absolute atomic E-state index is 0.161. The van der Waals surface area contributed by atoms with Crippen molar-refractivity contribution >= 4 is 11.6 Å². The van der Waals surface area contributed by atoms with Crippen LogP contribution < -0.4 is 5.32 Å². The number of likely N-dealkylation sites (N-methyl/N-ethyl adjacent to an activating group) is 1. The molecule has 0 amide bonds. The van der Waals surface area contributed by atoms with Gasteiger partial charge >= 0.3 is 0 Å². The maximum absolute atomic E-state index is 6.39. The van der Waals surface area contributed by atoms with Gasteiger partial charge < -0.3 is 5.32 Å². The number of aryl methyl sites for hydroxylation is 2. The van der Waals surface area contributed by atoms with Gasteiger partial charge in [-0.1, -0.05) is 18.5 Å². The molecule has 0 spiro atoms. The fourth-order valence-corrected chi connectivity index (χ4v) is 2.53. The number of hydrogen-bond acceptors (Lipinski definition) is 4. The van der Waals surface area contributed by atoms with E-state index in [-0.39, 0.29) is 6.04 Å². The number of hydrogen-bond donors (Lipinski definition) is 1. The summed E-state index contributed by atoms with van der Waals surface area (Å²) in [6, 6.07) is 2.14. The van der Waals surface area contributed by atoms with Gasteiger partial charge in [0.1, 0.15) is 0 Å². The zero-order valence-electron chi connectivity index (χ0n) is 12.1. The molecule has 2 heterocycles. The highest BCUT2D eigenvalue weighted by molar-refractivity contribution is 6.31. The minimum atomic E-state index is 0.161. The van der Waals surface area contributed by atoms with Crippen molar-refractivity contribution in [3.8, 4) is 0 Å². The molecule has 5 nitrogen and oxygen atoms in total. The molecule has 2 aromatic heterocycles. The van der Waals surface area contributed by atoms with E-state index in [2.05, 4.69) is 34.5 Å². The first kappa shape index (κ1) is 14.9. The lowest BCUT2D eigenvalue weighted by molar-refractivity contribution is 0.514. The fraction of sp³-hybridized carbons (Fsp3) is 0.500. The second kappa shape index (κ2) is 6.81. The van der Waals surface area contributed by atoms with Crippen molar-refractivity contribution in [3.05, 3.63) is 40.4 Å². The molecule has 108 valence electrons.